The fraction of sp³-hybridized carbons (Fsp3) is 0.300. The molecule has 1 heterocycles. The molecule has 0 bridgehead atoms. The molecule has 23 heavy (non-hydrogen) atoms. The van der Waals surface area contributed by atoms with Gasteiger partial charge >= 0.3 is 0 Å². The monoisotopic (exact) mass is 311 g/mol. The number of hydrogen-bond acceptors (Lipinski definition) is 1. The number of aromatic hydroxyl groups is 1. The molecule has 0 radical (unpaired) electrons. The fourth-order valence-corrected chi connectivity index (χ4v) is 3.08. The molecule has 2 nitrogen and oxygen atoms in total. The van der Waals surface area contributed by atoms with E-state index in [1.54, 1.807) is 12.1 Å². The molecule has 0 aliphatic heterocycles. The highest BCUT2D eigenvalue weighted by molar-refractivity contribution is 5.90. The van der Waals surface area contributed by atoms with Gasteiger partial charge in [-0.1, -0.05) is 20.8 Å². The predicted octanol–water partition coefficient (Wildman–Crippen LogP) is 5.59. The number of aromatic nitrogens is 1. The van der Waals surface area contributed by atoms with Crippen molar-refractivity contribution in [2.24, 2.45) is 0 Å². The number of phenolic OH excluding ortho intramolecular Hbond substituents is 1. The van der Waals surface area contributed by atoms with Crippen molar-refractivity contribution in [3.05, 3.63) is 52.8 Å². The summed E-state index contributed by atoms with van der Waals surface area (Å²) >= 11 is 0. The summed E-state index contributed by atoms with van der Waals surface area (Å²) in [5, 5.41) is 11.3. The normalized spacial score (nSPS) is 12.1. The van der Waals surface area contributed by atoms with Crippen molar-refractivity contribution < 1.29 is 9.50 Å². The molecule has 0 saturated carbocycles. The number of nitrogens with one attached hydrogen (secondary N) is 1. The minimum Gasteiger partial charge on any atom is -0.507 e. The number of benzene rings is 2. The lowest BCUT2D eigenvalue weighted by atomic mass is 9.83. The van der Waals surface area contributed by atoms with E-state index in [0.717, 1.165) is 38.9 Å². The summed E-state index contributed by atoms with van der Waals surface area (Å²) in [4.78, 5) is 3.38. The first-order valence-corrected chi connectivity index (χ1v) is 7.81. The Hall–Kier alpha value is -2.29. The fourth-order valence-electron chi connectivity index (χ4n) is 3.08. The van der Waals surface area contributed by atoms with Gasteiger partial charge in [0.05, 0.1) is 0 Å². The number of hydrogen-bond donors (Lipinski definition) is 2. The number of halogens is 1. The van der Waals surface area contributed by atoms with Gasteiger partial charge in [0.2, 0.25) is 0 Å². The predicted molar refractivity (Wildman–Crippen MR) is 93.5 cm³/mol. The third kappa shape index (κ3) is 2.61. The first kappa shape index (κ1) is 15.6. The second-order valence-electron chi connectivity index (χ2n) is 7.25. The zero-order valence-corrected chi connectivity index (χ0v) is 14.2. The SMILES string of the molecule is Cc1cc(-c2[nH]c3ccc(F)cc3c2C)cc(C(C)(C)C)c1O. The molecule has 2 N–H and O–H groups in total. The van der Waals surface area contributed by atoms with Crippen LogP contribution in [-0.4, -0.2) is 10.1 Å². The maximum absolute atomic E-state index is 13.5. The standard InChI is InChI=1S/C20H22FNO/c1-11-8-13(9-16(19(11)23)20(3,4)5)18-12(2)15-10-14(21)6-7-17(15)22-18/h6-10,22-23H,1-5H3. The van der Waals surface area contributed by atoms with E-state index in [1.807, 2.05) is 26.0 Å². The summed E-state index contributed by atoms with van der Waals surface area (Å²) in [7, 11) is 0. The number of rotatable bonds is 1. The van der Waals surface area contributed by atoms with Crippen molar-refractivity contribution in [1.82, 2.24) is 4.98 Å². The van der Waals surface area contributed by atoms with E-state index < -0.39 is 0 Å². The Labute approximate surface area is 136 Å². The van der Waals surface area contributed by atoms with Crippen LogP contribution in [0.5, 0.6) is 5.75 Å². The Kier molecular flexibility index (Phi) is 3.47. The number of H-pyrrole nitrogens is 1. The molecular formula is C20H22FNO. The van der Waals surface area contributed by atoms with Gasteiger partial charge in [-0.25, -0.2) is 4.39 Å². The van der Waals surface area contributed by atoms with E-state index in [-0.39, 0.29) is 11.2 Å². The van der Waals surface area contributed by atoms with Crippen LogP contribution in [-0.2, 0) is 5.41 Å². The van der Waals surface area contributed by atoms with Crippen molar-refractivity contribution >= 4 is 10.9 Å². The lowest BCUT2D eigenvalue weighted by Gasteiger charge is -2.22. The van der Waals surface area contributed by atoms with Gasteiger partial charge in [0.15, 0.2) is 0 Å². The van der Waals surface area contributed by atoms with Crippen LogP contribution in [0.15, 0.2) is 30.3 Å². The summed E-state index contributed by atoms with van der Waals surface area (Å²) < 4.78 is 13.5. The second-order valence-corrected chi connectivity index (χ2v) is 7.25. The van der Waals surface area contributed by atoms with Crippen LogP contribution in [0.1, 0.15) is 37.5 Å². The van der Waals surface area contributed by atoms with Crippen LogP contribution in [0.2, 0.25) is 0 Å². The zero-order valence-electron chi connectivity index (χ0n) is 14.2. The molecule has 0 amide bonds. The zero-order chi connectivity index (χ0) is 16.9. The summed E-state index contributed by atoms with van der Waals surface area (Å²) in [5.41, 5.74) is 5.52. The summed E-state index contributed by atoms with van der Waals surface area (Å²) in [5.74, 6) is 0.115. The maximum Gasteiger partial charge on any atom is 0.123 e. The topological polar surface area (TPSA) is 36.0 Å². The molecule has 0 spiro atoms. The van der Waals surface area contributed by atoms with E-state index in [2.05, 4.69) is 25.8 Å². The van der Waals surface area contributed by atoms with Gasteiger partial charge in [0.1, 0.15) is 11.6 Å². The highest BCUT2D eigenvalue weighted by Gasteiger charge is 2.21. The third-order valence-corrected chi connectivity index (χ3v) is 4.42. The van der Waals surface area contributed by atoms with Crippen molar-refractivity contribution in [2.75, 3.05) is 0 Å². The first-order chi connectivity index (χ1) is 10.7. The van der Waals surface area contributed by atoms with Gasteiger partial charge in [-0.15, -0.1) is 0 Å². The summed E-state index contributed by atoms with van der Waals surface area (Å²) in [6.07, 6.45) is 0. The van der Waals surface area contributed by atoms with Gasteiger partial charge in [-0.05, 0) is 66.3 Å². The highest BCUT2D eigenvalue weighted by atomic mass is 19.1. The van der Waals surface area contributed by atoms with Crippen LogP contribution in [0, 0.1) is 19.7 Å². The quantitative estimate of drug-likeness (QED) is 0.603. The molecule has 3 heteroatoms. The summed E-state index contributed by atoms with van der Waals surface area (Å²) in [6, 6.07) is 8.78. The number of aromatic amines is 1. The van der Waals surface area contributed by atoms with Gasteiger partial charge in [0.25, 0.3) is 0 Å². The molecule has 3 aromatic rings. The molecule has 1 aromatic heterocycles. The van der Waals surface area contributed by atoms with E-state index in [9.17, 15) is 9.50 Å². The second kappa shape index (κ2) is 5.12. The molecule has 3 rings (SSSR count). The van der Waals surface area contributed by atoms with Gasteiger partial charge in [-0.3, -0.25) is 0 Å². The van der Waals surface area contributed by atoms with E-state index >= 15 is 0 Å². The van der Waals surface area contributed by atoms with Crippen LogP contribution in [0.3, 0.4) is 0 Å². The number of phenols is 1. The van der Waals surface area contributed by atoms with Gasteiger partial charge in [-0.2, -0.15) is 0 Å². The van der Waals surface area contributed by atoms with E-state index in [4.69, 9.17) is 0 Å². The van der Waals surface area contributed by atoms with E-state index in [0.29, 0.717) is 5.75 Å². The molecule has 0 aliphatic carbocycles. The smallest absolute Gasteiger partial charge is 0.123 e. The first-order valence-electron chi connectivity index (χ1n) is 7.81. The molecule has 0 fully saturated rings. The van der Waals surface area contributed by atoms with E-state index in [1.165, 1.54) is 6.07 Å². The minimum atomic E-state index is -0.233. The Morgan fingerprint density at radius 1 is 1.04 bits per heavy atom. The molecule has 0 atom stereocenters. The minimum absolute atomic E-state index is 0.156. The average molecular weight is 311 g/mol. The number of fused-ring (bicyclic) bond motifs is 1. The van der Waals surface area contributed by atoms with Crippen molar-refractivity contribution in [3.8, 4) is 17.0 Å². The van der Waals surface area contributed by atoms with Crippen molar-refractivity contribution in [1.29, 1.82) is 0 Å². The van der Waals surface area contributed by atoms with Crippen LogP contribution >= 0.6 is 0 Å². The van der Waals surface area contributed by atoms with Crippen LogP contribution in [0.4, 0.5) is 4.39 Å². The van der Waals surface area contributed by atoms with Gasteiger partial charge < -0.3 is 10.1 Å². The molecule has 0 unspecified atom stereocenters. The molecular weight excluding hydrogens is 289 g/mol. The Morgan fingerprint density at radius 2 is 1.74 bits per heavy atom. The average Bonchev–Trinajstić information content (AvgIpc) is 2.77. The highest BCUT2D eigenvalue weighted by Crippen LogP contribution is 2.38. The molecule has 0 aliphatic rings. The Bertz CT molecular complexity index is 900. The van der Waals surface area contributed by atoms with Gasteiger partial charge in [0, 0.05) is 22.2 Å². The van der Waals surface area contributed by atoms with Crippen LogP contribution < -0.4 is 0 Å². The lowest BCUT2D eigenvalue weighted by molar-refractivity contribution is 0.443. The molecule has 120 valence electrons. The summed E-state index contributed by atoms with van der Waals surface area (Å²) in [6.45, 7) is 10.1. The Morgan fingerprint density at radius 3 is 2.39 bits per heavy atom. The molecule has 0 saturated heterocycles. The van der Waals surface area contributed by atoms with Crippen molar-refractivity contribution in [3.63, 3.8) is 0 Å². The Balaban J connectivity index is 2.27. The maximum atomic E-state index is 13.5. The lowest BCUT2D eigenvalue weighted by Crippen LogP contribution is -2.12. The third-order valence-electron chi connectivity index (χ3n) is 4.42. The van der Waals surface area contributed by atoms with Crippen LogP contribution in [0.25, 0.3) is 22.2 Å². The van der Waals surface area contributed by atoms with Crippen molar-refractivity contribution in [2.45, 2.75) is 40.0 Å². The largest absolute Gasteiger partial charge is 0.507 e. The molecule has 2 aromatic carbocycles. The number of aryl methyl sites for hydroxylation is 2.